The maximum absolute atomic E-state index is 14.8. The van der Waals surface area contributed by atoms with E-state index in [1.165, 1.54) is 11.0 Å². The highest BCUT2D eigenvalue weighted by Crippen LogP contribution is 2.41. The van der Waals surface area contributed by atoms with Gasteiger partial charge in [-0.1, -0.05) is 16.8 Å². The van der Waals surface area contributed by atoms with Gasteiger partial charge in [0, 0.05) is 30.2 Å². The summed E-state index contributed by atoms with van der Waals surface area (Å²) in [4.78, 5) is 12.8. The van der Waals surface area contributed by atoms with Crippen LogP contribution in [0.2, 0.25) is 5.02 Å². The minimum Gasteiger partial charge on any atom is -0.484 e. The van der Waals surface area contributed by atoms with E-state index in [9.17, 15) is 14.3 Å². The van der Waals surface area contributed by atoms with Crippen molar-refractivity contribution in [1.82, 2.24) is 19.9 Å². The number of rotatable bonds is 4. The second-order valence-corrected chi connectivity index (χ2v) is 7.40. The van der Waals surface area contributed by atoms with Gasteiger partial charge in [0.1, 0.15) is 12.3 Å². The van der Waals surface area contributed by atoms with Crippen LogP contribution in [0.25, 0.3) is 0 Å². The molecule has 0 bridgehead atoms. The summed E-state index contributed by atoms with van der Waals surface area (Å²) in [7, 11) is 0. The Labute approximate surface area is 166 Å². The first kappa shape index (κ1) is 18.9. The second kappa shape index (κ2) is 7.56. The first-order valence-corrected chi connectivity index (χ1v) is 9.63. The molecule has 2 aliphatic rings. The molecule has 150 valence electrons. The van der Waals surface area contributed by atoms with E-state index in [0.717, 1.165) is 31.5 Å². The Balaban J connectivity index is 1.69. The number of benzene rings is 1. The van der Waals surface area contributed by atoms with Gasteiger partial charge in [-0.15, -0.1) is 5.10 Å². The molecule has 3 heterocycles. The first-order chi connectivity index (χ1) is 13.5. The van der Waals surface area contributed by atoms with Gasteiger partial charge in [0.25, 0.3) is 0 Å². The topological polar surface area (TPSA) is 107 Å². The molecule has 2 aliphatic heterocycles. The molecular weight excluding hydrogens is 389 g/mol. The number of nitrogens with zero attached hydrogens (tertiary/aromatic N) is 4. The summed E-state index contributed by atoms with van der Waals surface area (Å²) in [6, 6.07) is 0.485. The van der Waals surface area contributed by atoms with E-state index in [1.54, 1.807) is 0 Å². The van der Waals surface area contributed by atoms with Crippen LogP contribution in [0.1, 0.15) is 41.4 Å². The molecular formula is C18H21ClFN5O3. The molecule has 1 aromatic heterocycles. The smallest absolute Gasteiger partial charge is 0.407 e. The average molecular weight is 410 g/mol. The minimum atomic E-state index is -1.11. The summed E-state index contributed by atoms with van der Waals surface area (Å²) in [5.41, 5.74) is 8.59. The van der Waals surface area contributed by atoms with E-state index in [1.807, 2.05) is 4.68 Å². The van der Waals surface area contributed by atoms with Gasteiger partial charge in [0.15, 0.2) is 11.6 Å². The zero-order valence-electron chi connectivity index (χ0n) is 15.2. The van der Waals surface area contributed by atoms with E-state index in [0.29, 0.717) is 23.2 Å². The van der Waals surface area contributed by atoms with Gasteiger partial charge < -0.3 is 15.6 Å². The molecule has 0 saturated carbocycles. The van der Waals surface area contributed by atoms with E-state index < -0.39 is 18.0 Å². The van der Waals surface area contributed by atoms with Crippen LogP contribution >= 0.6 is 11.6 Å². The van der Waals surface area contributed by atoms with E-state index in [2.05, 4.69) is 10.3 Å². The lowest BCUT2D eigenvalue weighted by molar-refractivity contribution is 0.120. The molecule has 2 aromatic rings. The minimum absolute atomic E-state index is 0.00310. The number of amides is 1. The van der Waals surface area contributed by atoms with E-state index in [-0.39, 0.29) is 30.5 Å². The summed E-state index contributed by atoms with van der Waals surface area (Å²) < 4.78 is 22.5. The van der Waals surface area contributed by atoms with E-state index in [4.69, 9.17) is 22.1 Å². The highest BCUT2D eigenvalue weighted by molar-refractivity contribution is 6.31. The number of nitrogens with two attached hydrogens (primary N) is 1. The van der Waals surface area contributed by atoms with Gasteiger partial charge in [0.2, 0.25) is 0 Å². The Morgan fingerprint density at radius 3 is 2.96 bits per heavy atom. The largest absolute Gasteiger partial charge is 0.484 e. The molecule has 0 aliphatic carbocycles. The number of aromatic nitrogens is 3. The molecule has 1 aromatic carbocycles. The standard InChI is InChI=1S/C18H21ClFN5O3/c19-11-7-12(20)17(16-10(11)4-6-24(18(26)27)15(16)8-21)28-9-13-14-3-1-2-5-25(14)23-22-13/h7,15H,1-6,8-9,21H2,(H,26,27)/t15-/m1/s1. The maximum Gasteiger partial charge on any atom is 0.407 e. The maximum atomic E-state index is 14.8. The first-order valence-electron chi connectivity index (χ1n) is 9.25. The van der Waals surface area contributed by atoms with Crippen molar-refractivity contribution in [2.24, 2.45) is 5.73 Å². The van der Waals surface area contributed by atoms with Crippen molar-refractivity contribution in [3.05, 3.63) is 39.4 Å². The third kappa shape index (κ3) is 3.18. The third-order valence-electron chi connectivity index (χ3n) is 5.41. The second-order valence-electron chi connectivity index (χ2n) is 6.99. The van der Waals surface area contributed by atoms with Crippen LogP contribution in [-0.2, 0) is 26.0 Å². The van der Waals surface area contributed by atoms with Gasteiger partial charge in [-0.25, -0.2) is 13.9 Å². The number of hydrogen-bond donors (Lipinski definition) is 2. The van der Waals surface area contributed by atoms with Gasteiger partial charge >= 0.3 is 6.09 Å². The van der Waals surface area contributed by atoms with Crippen LogP contribution in [0, 0.1) is 5.82 Å². The van der Waals surface area contributed by atoms with Crippen molar-refractivity contribution >= 4 is 17.7 Å². The molecule has 0 spiro atoms. The lowest BCUT2D eigenvalue weighted by Gasteiger charge is -2.36. The fourth-order valence-electron chi connectivity index (χ4n) is 4.06. The normalized spacial score (nSPS) is 18.5. The molecule has 8 nitrogen and oxygen atoms in total. The van der Waals surface area contributed by atoms with Crippen LogP contribution in [0.15, 0.2) is 6.07 Å². The fraction of sp³-hybridized carbons (Fsp3) is 0.500. The summed E-state index contributed by atoms with van der Waals surface area (Å²) in [6.45, 7) is 1.10. The molecule has 28 heavy (non-hydrogen) atoms. The fourth-order valence-corrected chi connectivity index (χ4v) is 4.35. The number of hydrogen-bond acceptors (Lipinski definition) is 5. The van der Waals surface area contributed by atoms with Crippen LogP contribution in [0.4, 0.5) is 9.18 Å². The highest BCUT2D eigenvalue weighted by atomic mass is 35.5. The molecule has 1 amide bonds. The molecule has 0 fully saturated rings. The zero-order valence-corrected chi connectivity index (χ0v) is 16.0. The molecule has 3 N–H and O–H groups in total. The average Bonchev–Trinajstić information content (AvgIpc) is 3.10. The number of aryl methyl sites for hydroxylation is 1. The number of fused-ring (bicyclic) bond motifs is 2. The summed E-state index contributed by atoms with van der Waals surface area (Å²) >= 11 is 6.24. The lowest BCUT2D eigenvalue weighted by atomic mass is 9.91. The highest BCUT2D eigenvalue weighted by Gasteiger charge is 2.35. The van der Waals surface area contributed by atoms with Crippen molar-refractivity contribution in [3.8, 4) is 5.75 Å². The van der Waals surface area contributed by atoms with Crippen LogP contribution < -0.4 is 10.5 Å². The van der Waals surface area contributed by atoms with Crippen LogP contribution in [-0.4, -0.2) is 44.2 Å². The Kier molecular flexibility index (Phi) is 5.11. The van der Waals surface area contributed by atoms with Crippen LogP contribution in [0.5, 0.6) is 5.75 Å². The van der Waals surface area contributed by atoms with Crippen LogP contribution in [0.3, 0.4) is 0 Å². The van der Waals surface area contributed by atoms with Crippen molar-refractivity contribution in [2.45, 2.75) is 44.9 Å². The zero-order chi connectivity index (χ0) is 19.8. The Morgan fingerprint density at radius 2 is 2.21 bits per heavy atom. The molecule has 4 rings (SSSR count). The van der Waals surface area contributed by atoms with Gasteiger partial charge in [-0.3, -0.25) is 4.90 Å². The van der Waals surface area contributed by atoms with Crippen molar-refractivity contribution < 1.29 is 19.0 Å². The molecule has 1 atom stereocenters. The van der Waals surface area contributed by atoms with Gasteiger partial charge in [-0.2, -0.15) is 0 Å². The lowest BCUT2D eigenvalue weighted by Crippen LogP contribution is -2.42. The number of carboxylic acid groups (broad SMARTS) is 1. The van der Waals surface area contributed by atoms with Crippen molar-refractivity contribution in [2.75, 3.05) is 13.1 Å². The third-order valence-corrected chi connectivity index (χ3v) is 5.75. The van der Waals surface area contributed by atoms with E-state index >= 15 is 0 Å². The number of carbonyl (C=O) groups is 1. The summed E-state index contributed by atoms with van der Waals surface area (Å²) in [6.07, 6.45) is 2.22. The summed E-state index contributed by atoms with van der Waals surface area (Å²) in [5.74, 6) is -0.658. The Hall–Kier alpha value is -2.39. The molecule has 0 saturated heterocycles. The summed E-state index contributed by atoms with van der Waals surface area (Å²) in [5, 5.41) is 18.0. The number of ether oxygens (including phenoxy) is 1. The van der Waals surface area contributed by atoms with Gasteiger partial charge in [0.05, 0.1) is 11.7 Å². The predicted molar refractivity (Wildman–Crippen MR) is 98.9 cm³/mol. The monoisotopic (exact) mass is 409 g/mol. The number of halogens is 2. The Morgan fingerprint density at radius 1 is 1.39 bits per heavy atom. The quantitative estimate of drug-likeness (QED) is 0.803. The molecule has 0 unspecified atom stereocenters. The SMILES string of the molecule is NC[C@@H]1c2c(c(Cl)cc(F)c2OCc2nnn3c2CCCC3)CCN1C(=O)O. The van der Waals surface area contributed by atoms with Gasteiger partial charge in [-0.05, 0) is 37.3 Å². The van der Waals surface area contributed by atoms with Crippen molar-refractivity contribution in [3.63, 3.8) is 0 Å². The molecule has 10 heteroatoms. The molecule has 0 radical (unpaired) electrons. The van der Waals surface area contributed by atoms with Crippen molar-refractivity contribution in [1.29, 1.82) is 0 Å². The Bertz CT molecular complexity index is 919. The predicted octanol–water partition coefficient (Wildman–Crippen LogP) is 2.52.